The minimum atomic E-state index is -4.18. The lowest BCUT2D eigenvalue weighted by Gasteiger charge is -2.35. The number of rotatable bonds is 8. The molecule has 6 nitrogen and oxygen atoms in total. The van der Waals surface area contributed by atoms with Crippen LogP contribution in [0, 0.1) is 0 Å². The van der Waals surface area contributed by atoms with E-state index in [2.05, 4.69) is 53.1 Å². The number of hydrogen-bond acceptors (Lipinski definition) is 4. The molecule has 7 rings (SSSR count). The summed E-state index contributed by atoms with van der Waals surface area (Å²) in [7, 11) is 0. The second-order valence-electron chi connectivity index (χ2n) is 12.8. The molecule has 4 aromatic carbocycles. The molecule has 1 amide bonds. The number of carbonyl (C=O) groups is 2. The highest BCUT2D eigenvalue weighted by Gasteiger charge is 2.48. The first-order chi connectivity index (χ1) is 23.1. The predicted molar refractivity (Wildman–Crippen MR) is 181 cm³/mol. The van der Waals surface area contributed by atoms with Crippen molar-refractivity contribution in [1.82, 2.24) is 9.80 Å². The molecule has 3 N–H and O–H groups in total. The SMILES string of the molecule is NCC(F)(F)F.O=C(Cc1cccc2c1-c1ccccc1C2)N1CCN(CCCCC2(C(=O)O)c3ccccc3-c3ccccc32)CC1. The monoisotopic (exact) mass is 655 g/mol. The summed E-state index contributed by atoms with van der Waals surface area (Å²) >= 11 is 0. The first-order valence-electron chi connectivity index (χ1n) is 16.5. The first-order valence-corrected chi connectivity index (χ1v) is 16.5. The normalized spacial score (nSPS) is 15.9. The van der Waals surface area contributed by atoms with E-state index in [9.17, 15) is 27.9 Å². The summed E-state index contributed by atoms with van der Waals surface area (Å²) in [6, 6.07) is 30.9. The van der Waals surface area contributed by atoms with Gasteiger partial charge in [0.2, 0.25) is 5.91 Å². The number of halogens is 3. The first kappa shape index (κ1) is 33.4. The highest BCUT2D eigenvalue weighted by molar-refractivity contribution is 5.97. The summed E-state index contributed by atoms with van der Waals surface area (Å²) in [5, 5.41) is 10.5. The van der Waals surface area contributed by atoms with E-state index in [0.717, 1.165) is 79.8 Å². The maximum atomic E-state index is 13.3. The van der Waals surface area contributed by atoms with E-state index in [1.807, 2.05) is 53.4 Å². The van der Waals surface area contributed by atoms with Gasteiger partial charge in [-0.15, -0.1) is 0 Å². The van der Waals surface area contributed by atoms with Crippen molar-refractivity contribution in [3.8, 4) is 22.3 Å². The highest BCUT2D eigenvalue weighted by Crippen LogP contribution is 2.51. The van der Waals surface area contributed by atoms with Gasteiger partial charge in [-0.05, 0) is 75.9 Å². The molecule has 0 bridgehead atoms. The van der Waals surface area contributed by atoms with Gasteiger partial charge in [0.05, 0.1) is 13.0 Å². The van der Waals surface area contributed by atoms with E-state index in [0.29, 0.717) is 12.8 Å². The second-order valence-corrected chi connectivity index (χ2v) is 12.8. The number of carboxylic acids is 1. The molecule has 48 heavy (non-hydrogen) atoms. The summed E-state index contributed by atoms with van der Waals surface area (Å²) in [5.41, 5.74) is 13.4. The van der Waals surface area contributed by atoms with Crippen molar-refractivity contribution in [1.29, 1.82) is 0 Å². The minimum Gasteiger partial charge on any atom is -0.480 e. The van der Waals surface area contributed by atoms with E-state index >= 15 is 0 Å². The number of nitrogens with zero attached hydrogens (tertiary/aromatic N) is 2. The molecule has 2 aliphatic carbocycles. The highest BCUT2D eigenvalue weighted by atomic mass is 19.4. The van der Waals surface area contributed by atoms with Crippen LogP contribution in [0.1, 0.15) is 47.1 Å². The Bertz CT molecular complexity index is 1750. The van der Waals surface area contributed by atoms with Crippen molar-refractivity contribution < 1.29 is 27.9 Å². The standard InChI is InChI=1S/C37H36N2O3.C2H4F3N/c40-34(25-28-12-9-11-27-24-26-10-1-2-13-29(26)35(27)28)39-22-20-38(21-23-39)19-8-7-18-37(36(41)42)32-16-5-3-14-30(32)31-15-4-6-17-33(31)37;3-2(4,5)1-6/h1-6,9-17H,7-8,18-25H2,(H,41,42);1,6H2. The molecular weight excluding hydrogens is 615 g/mol. The van der Waals surface area contributed by atoms with Gasteiger partial charge in [0, 0.05) is 26.2 Å². The number of aliphatic carboxylic acids is 1. The zero-order chi connectivity index (χ0) is 33.9. The van der Waals surface area contributed by atoms with E-state index < -0.39 is 24.1 Å². The van der Waals surface area contributed by atoms with Crippen LogP contribution in [0.25, 0.3) is 22.3 Å². The number of carbonyl (C=O) groups excluding carboxylic acids is 1. The number of amides is 1. The average molecular weight is 656 g/mol. The number of nitrogens with two attached hydrogens (primary N) is 1. The van der Waals surface area contributed by atoms with Gasteiger partial charge in [-0.3, -0.25) is 14.5 Å². The molecule has 0 radical (unpaired) electrons. The van der Waals surface area contributed by atoms with Gasteiger partial charge in [0.15, 0.2) is 0 Å². The van der Waals surface area contributed by atoms with Gasteiger partial charge in [0.25, 0.3) is 0 Å². The fourth-order valence-corrected chi connectivity index (χ4v) is 7.57. The van der Waals surface area contributed by atoms with Gasteiger partial charge in [0.1, 0.15) is 5.41 Å². The van der Waals surface area contributed by atoms with Crippen molar-refractivity contribution in [3.63, 3.8) is 0 Å². The fourth-order valence-electron chi connectivity index (χ4n) is 7.57. The van der Waals surface area contributed by atoms with Crippen LogP contribution in [-0.2, 0) is 27.8 Å². The molecule has 1 fully saturated rings. The topological polar surface area (TPSA) is 86.9 Å². The summed E-state index contributed by atoms with van der Waals surface area (Å²) in [5.74, 6) is -0.561. The van der Waals surface area contributed by atoms with E-state index in [-0.39, 0.29) is 5.91 Å². The quantitative estimate of drug-likeness (QED) is 0.182. The molecule has 1 aliphatic heterocycles. The zero-order valence-electron chi connectivity index (χ0n) is 26.8. The molecular formula is C39H40F3N3O3. The van der Waals surface area contributed by atoms with Gasteiger partial charge in [-0.1, -0.05) is 97.4 Å². The third-order valence-electron chi connectivity index (χ3n) is 9.91. The average Bonchev–Trinajstić information content (AvgIpc) is 3.62. The van der Waals surface area contributed by atoms with Crippen LogP contribution in [-0.4, -0.2) is 72.2 Å². The van der Waals surface area contributed by atoms with Crippen molar-refractivity contribution in [3.05, 3.63) is 119 Å². The van der Waals surface area contributed by atoms with Crippen molar-refractivity contribution in [2.45, 2.75) is 43.7 Å². The maximum Gasteiger partial charge on any atom is 0.400 e. The van der Waals surface area contributed by atoms with E-state index in [4.69, 9.17) is 0 Å². The molecule has 1 heterocycles. The molecule has 9 heteroatoms. The molecule has 4 aromatic rings. The molecule has 0 aromatic heterocycles. The van der Waals surface area contributed by atoms with Gasteiger partial charge in [-0.2, -0.15) is 13.2 Å². The number of benzene rings is 4. The van der Waals surface area contributed by atoms with Gasteiger partial charge < -0.3 is 15.7 Å². The smallest absolute Gasteiger partial charge is 0.400 e. The number of carboxylic acid groups (broad SMARTS) is 1. The largest absolute Gasteiger partial charge is 0.480 e. The Hall–Kier alpha value is -4.47. The number of piperazine rings is 1. The van der Waals surface area contributed by atoms with Crippen LogP contribution in [0.5, 0.6) is 0 Å². The van der Waals surface area contributed by atoms with E-state index in [1.165, 1.54) is 22.3 Å². The zero-order valence-corrected chi connectivity index (χ0v) is 26.8. The predicted octanol–water partition coefficient (Wildman–Crippen LogP) is 6.67. The Labute approximate surface area is 279 Å². The molecule has 0 atom stereocenters. The lowest BCUT2D eigenvalue weighted by Crippen LogP contribution is -2.49. The minimum absolute atomic E-state index is 0.203. The Kier molecular flexibility index (Phi) is 9.71. The summed E-state index contributed by atoms with van der Waals surface area (Å²) < 4.78 is 32.0. The molecule has 0 saturated carbocycles. The summed E-state index contributed by atoms with van der Waals surface area (Å²) in [4.78, 5) is 30.6. The molecule has 0 unspecified atom stereocenters. The third-order valence-corrected chi connectivity index (χ3v) is 9.91. The lowest BCUT2D eigenvalue weighted by molar-refractivity contribution is -0.142. The van der Waals surface area contributed by atoms with Crippen LogP contribution in [0.15, 0.2) is 91.0 Å². The molecule has 0 spiro atoms. The fraction of sp³-hybridized carbons (Fsp3) is 0.333. The summed E-state index contributed by atoms with van der Waals surface area (Å²) in [6.45, 7) is 2.89. The van der Waals surface area contributed by atoms with Crippen LogP contribution in [0.3, 0.4) is 0 Å². The number of fused-ring (bicyclic) bond motifs is 6. The van der Waals surface area contributed by atoms with Crippen molar-refractivity contribution in [2.24, 2.45) is 5.73 Å². The van der Waals surface area contributed by atoms with Gasteiger partial charge >= 0.3 is 12.1 Å². The Morgan fingerprint density at radius 2 is 1.31 bits per heavy atom. The van der Waals surface area contributed by atoms with Crippen LogP contribution in [0.4, 0.5) is 13.2 Å². The lowest BCUT2D eigenvalue weighted by atomic mass is 9.74. The third kappa shape index (κ3) is 6.62. The number of unbranched alkanes of at least 4 members (excludes halogenated alkanes) is 1. The molecule has 3 aliphatic rings. The second kappa shape index (κ2) is 13.9. The van der Waals surface area contributed by atoms with Crippen molar-refractivity contribution >= 4 is 11.9 Å². The van der Waals surface area contributed by atoms with Crippen LogP contribution >= 0.6 is 0 Å². The Morgan fingerprint density at radius 3 is 1.92 bits per heavy atom. The number of hydrogen-bond donors (Lipinski definition) is 2. The van der Waals surface area contributed by atoms with Gasteiger partial charge in [-0.25, -0.2) is 0 Å². The maximum absolute atomic E-state index is 13.3. The summed E-state index contributed by atoms with van der Waals surface area (Å²) in [6.07, 6.45) is -0.451. The van der Waals surface area contributed by atoms with Crippen LogP contribution < -0.4 is 5.73 Å². The molecule has 250 valence electrons. The molecule has 1 saturated heterocycles. The van der Waals surface area contributed by atoms with E-state index in [1.54, 1.807) is 0 Å². The van der Waals surface area contributed by atoms with Crippen molar-refractivity contribution in [2.75, 3.05) is 39.3 Å². The number of alkyl halides is 3. The Morgan fingerprint density at radius 1 is 0.750 bits per heavy atom. The van der Waals surface area contributed by atoms with Crippen LogP contribution in [0.2, 0.25) is 0 Å². The Balaban J connectivity index is 0.000000615.